The Bertz CT molecular complexity index is 1270. The Morgan fingerprint density at radius 3 is 1.91 bits per heavy atom. The van der Waals surface area contributed by atoms with Crippen LogP contribution in [0, 0.1) is 29.1 Å². The Kier molecular flexibility index (Phi) is 6.45. The number of benzene rings is 4. The van der Waals surface area contributed by atoms with Gasteiger partial charge in [-0.1, -0.05) is 56.9 Å². The molecule has 0 fully saturated rings. The molecule has 0 aliphatic heterocycles. The summed E-state index contributed by atoms with van der Waals surface area (Å²) >= 11 is 0. The Morgan fingerprint density at radius 2 is 1.19 bits per heavy atom. The molecule has 32 heavy (non-hydrogen) atoms. The van der Waals surface area contributed by atoms with Crippen LogP contribution in [-0.2, 0) is 6.42 Å². The van der Waals surface area contributed by atoms with Crippen LogP contribution in [0.1, 0.15) is 44.6 Å². The van der Waals surface area contributed by atoms with Crippen molar-refractivity contribution in [3.8, 4) is 11.1 Å². The largest absolute Gasteiger partial charge is 0.206 e. The first-order valence-electron chi connectivity index (χ1n) is 10.9. The molecular weight excluding hydrogens is 419 g/mol. The van der Waals surface area contributed by atoms with Crippen LogP contribution >= 0.6 is 0 Å². The smallest absolute Gasteiger partial charge is 0.194 e. The molecule has 0 N–H and O–H groups in total. The average molecular weight is 442 g/mol. The molecule has 0 nitrogen and oxygen atoms in total. The summed E-state index contributed by atoms with van der Waals surface area (Å²) in [6, 6.07) is 11.0. The van der Waals surface area contributed by atoms with Crippen LogP contribution in [0.2, 0.25) is 0 Å². The first-order chi connectivity index (χ1) is 15.4. The Labute approximate surface area is 183 Å². The summed E-state index contributed by atoms with van der Waals surface area (Å²) in [6.45, 7) is 2.14. The van der Waals surface area contributed by atoms with E-state index in [1.54, 1.807) is 24.3 Å². The highest BCUT2D eigenvalue weighted by molar-refractivity contribution is 6.09. The van der Waals surface area contributed by atoms with Crippen LogP contribution in [0.5, 0.6) is 0 Å². The molecule has 4 aromatic carbocycles. The zero-order valence-corrected chi connectivity index (χ0v) is 17.8. The molecule has 0 aromatic heterocycles. The van der Waals surface area contributed by atoms with E-state index in [0.29, 0.717) is 28.3 Å². The van der Waals surface area contributed by atoms with E-state index in [0.717, 1.165) is 44.2 Å². The third-order valence-corrected chi connectivity index (χ3v) is 5.96. The summed E-state index contributed by atoms with van der Waals surface area (Å²) in [7, 11) is 0. The summed E-state index contributed by atoms with van der Waals surface area (Å²) in [5.41, 5.74) is 0.992. The third kappa shape index (κ3) is 4.21. The fourth-order valence-electron chi connectivity index (χ4n) is 4.21. The molecule has 0 aliphatic rings. The molecule has 0 unspecified atom stereocenters. The highest BCUT2D eigenvalue weighted by Gasteiger charge is 2.16. The van der Waals surface area contributed by atoms with Gasteiger partial charge in [0.25, 0.3) is 0 Å². The van der Waals surface area contributed by atoms with Crippen molar-refractivity contribution < 1.29 is 22.0 Å². The molecule has 0 amide bonds. The second-order valence-electron chi connectivity index (χ2n) is 8.17. The zero-order chi connectivity index (χ0) is 22.8. The molecule has 4 rings (SSSR count). The summed E-state index contributed by atoms with van der Waals surface area (Å²) in [5, 5.41) is 1.48. The number of fused-ring (bicyclic) bond motifs is 3. The van der Waals surface area contributed by atoms with Gasteiger partial charge in [0.2, 0.25) is 0 Å². The van der Waals surface area contributed by atoms with Gasteiger partial charge in [-0.05, 0) is 64.6 Å². The summed E-state index contributed by atoms with van der Waals surface area (Å²) in [6.07, 6.45) is 5.94. The highest BCUT2D eigenvalue weighted by Crippen LogP contribution is 2.34. The lowest BCUT2D eigenvalue weighted by atomic mass is 9.94. The summed E-state index contributed by atoms with van der Waals surface area (Å²) in [4.78, 5) is 0. The quantitative estimate of drug-likeness (QED) is 0.116. The van der Waals surface area contributed by atoms with Crippen LogP contribution < -0.4 is 0 Å². The van der Waals surface area contributed by atoms with E-state index in [2.05, 4.69) is 6.92 Å². The monoisotopic (exact) mass is 442 g/mol. The number of rotatable bonds is 7. The molecule has 4 aromatic rings. The van der Waals surface area contributed by atoms with E-state index in [1.165, 1.54) is 12.1 Å². The van der Waals surface area contributed by atoms with Crippen molar-refractivity contribution in [3.05, 3.63) is 83.2 Å². The Hall–Kier alpha value is -2.95. The van der Waals surface area contributed by atoms with Crippen LogP contribution in [0.3, 0.4) is 0 Å². The second kappa shape index (κ2) is 9.27. The summed E-state index contributed by atoms with van der Waals surface area (Å²) in [5.74, 6) is -5.22. The molecule has 5 heteroatoms. The molecule has 0 saturated carbocycles. The topological polar surface area (TPSA) is 0 Å². The molecule has 0 radical (unpaired) electrons. The molecule has 166 valence electrons. The lowest BCUT2D eigenvalue weighted by Crippen LogP contribution is -1.95. The van der Waals surface area contributed by atoms with Crippen molar-refractivity contribution >= 4 is 21.5 Å². The fraction of sp³-hybridized carbons (Fsp3) is 0.259. The van der Waals surface area contributed by atoms with E-state index in [1.807, 2.05) is 0 Å². The number of aryl methyl sites for hydroxylation is 1. The molecule has 0 spiro atoms. The first-order valence-corrected chi connectivity index (χ1v) is 10.9. The van der Waals surface area contributed by atoms with Gasteiger partial charge in [0.05, 0.1) is 0 Å². The maximum Gasteiger partial charge on any atom is 0.194 e. The van der Waals surface area contributed by atoms with Crippen LogP contribution in [0.25, 0.3) is 32.7 Å². The van der Waals surface area contributed by atoms with Crippen molar-refractivity contribution in [1.29, 1.82) is 0 Å². The standard InChI is InChI=1S/C27H23F5/c1-2-3-4-5-6-7-16-8-10-20-19-11-9-17(18-13-24(29)27(32)25(30)14-18)12-21(19)23(28)15-22(20)26(16)31/h8-15H,2-7H2,1H3. The predicted octanol–water partition coefficient (Wildman–Crippen LogP) is 8.87. The predicted molar refractivity (Wildman–Crippen MR) is 119 cm³/mol. The van der Waals surface area contributed by atoms with Gasteiger partial charge in [-0.15, -0.1) is 0 Å². The van der Waals surface area contributed by atoms with Gasteiger partial charge in [0.15, 0.2) is 17.5 Å². The zero-order valence-electron chi connectivity index (χ0n) is 17.8. The third-order valence-electron chi connectivity index (χ3n) is 5.96. The first kappa shape index (κ1) is 22.3. The van der Waals surface area contributed by atoms with Gasteiger partial charge < -0.3 is 0 Å². The normalized spacial score (nSPS) is 11.6. The molecule has 0 bridgehead atoms. The average Bonchev–Trinajstić information content (AvgIpc) is 2.78. The number of halogens is 5. The minimum Gasteiger partial charge on any atom is -0.206 e. The van der Waals surface area contributed by atoms with E-state index in [9.17, 15) is 17.6 Å². The van der Waals surface area contributed by atoms with E-state index < -0.39 is 29.1 Å². The Balaban J connectivity index is 1.73. The van der Waals surface area contributed by atoms with Gasteiger partial charge >= 0.3 is 0 Å². The number of unbranched alkanes of at least 4 members (excludes halogenated alkanes) is 4. The minimum atomic E-state index is -1.55. The molecule has 0 saturated heterocycles. The lowest BCUT2D eigenvalue weighted by Gasteiger charge is -2.12. The fourth-order valence-corrected chi connectivity index (χ4v) is 4.21. The van der Waals surface area contributed by atoms with E-state index >= 15 is 4.39 Å². The van der Waals surface area contributed by atoms with Crippen molar-refractivity contribution in [3.63, 3.8) is 0 Å². The van der Waals surface area contributed by atoms with Crippen molar-refractivity contribution in [2.24, 2.45) is 0 Å². The van der Waals surface area contributed by atoms with Crippen LogP contribution in [0.15, 0.2) is 48.5 Å². The second-order valence-corrected chi connectivity index (χ2v) is 8.17. The number of hydrogen-bond acceptors (Lipinski definition) is 0. The minimum absolute atomic E-state index is 0.0902. The lowest BCUT2D eigenvalue weighted by molar-refractivity contribution is 0.448. The van der Waals surface area contributed by atoms with Crippen LogP contribution in [-0.4, -0.2) is 0 Å². The van der Waals surface area contributed by atoms with Gasteiger partial charge in [-0.25, -0.2) is 22.0 Å². The SMILES string of the molecule is CCCCCCCc1ccc2c(cc(F)c3cc(-c4cc(F)c(F)c(F)c4)ccc32)c1F. The molecule has 0 heterocycles. The van der Waals surface area contributed by atoms with Gasteiger partial charge in [-0.2, -0.15) is 0 Å². The van der Waals surface area contributed by atoms with Crippen molar-refractivity contribution in [1.82, 2.24) is 0 Å². The molecular formula is C27H23F5. The Morgan fingerprint density at radius 1 is 0.531 bits per heavy atom. The van der Waals surface area contributed by atoms with Gasteiger partial charge in [0.1, 0.15) is 11.6 Å². The maximum atomic E-state index is 15.1. The molecule has 0 aliphatic carbocycles. The summed E-state index contributed by atoms with van der Waals surface area (Å²) < 4.78 is 70.6. The van der Waals surface area contributed by atoms with Gasteiger partial charge in [-0.3, -0.25) is 0 Å². The van der Waals surface area contributed by atoms with Crippen molar-refractivity contribution in [2.45, 2.75) is 45.4 Å². The molecule has 0 atom stereocenters. The number of hydrogen-bond donors (Lipinski definition) is 0. The maximum absolute atomic E-state index is 15.1. The van der Waals surface area contributed by atoms with Crippen molar-refractivity contribution in [2.75, 3.05) is 0 Å². The van der Waals surface area contributed by atoms with E-state index in [4.69, 9.17) is 0 Å². The van der Waals surface area contributed by atoms with Crippen LogP contribution in [0.4, 0.5) is 22.0 Å². The van der Waals surface area contributed by atoms with Gasteiger partial charge in [0, 0.05) is 10.8 Å². The van der Waals surface area contributed by atoms with E-state index in [-0.39, 0.29) is 16.3 Å². The highest BCUT2D eigenvalue weighted by atomic mass is 19.2.